The summed E-state index contributed by atoms with van der Waals surface area (Å²) < 4.78 is 14.8. The van der Waals surface area contributed by atoms with Gasteiger partial charge in [0.2, 0.25) is 0 Å². The van der Waals surface area contributed by atoms with E-state index in [9.17, 15) is 9.50 Å². The molecule has 2 unspecified atom stereocenters. The SMILES string of the molecule is CN(c1cnc(-c2cc3ccncc3cc2O)cn1)[C@H]1CC2C=CC(N2)[C@@H]1F. The molecule has 0 amide bonds. The van der Waals surface area contributed by atoms with Gasteiger partial charge in [-0.2, -0.15) is 0 Å². The molecule has 0 radical (unpaired) electrons. The Morgan fingerprint density at radius 3 is 2.86 bits per heavy atom. The second-order valence-corrected chi connectivity index (χ2v) is 7.39. The summed E-state index contributed by atoms with van der Waals surface area (Å²) in [4.78, 5) is 14.9. The van der Waals surface area contributed by atoms with Crippen molar-refractivity contribution in [1.82, 2.24) is 20.3 Å². The molecule has 1 fully saturated rings. The van der Waals surface area contributed by atoms with Crippen LogP contribution in [0.4, 0.5) is 10.2 Å². The van der Waals surface area contributed by atoms with Crippen LogP contribution in [0.25, 0.3) is 22.0 Å². The first-order chi connectivity index (χ1) is 13.6. The van der Waals surface area contributed by atoms with Gasteiger partial charge in [-0.3, -0.25) is 9.97 Å². The quantitative estimate of drug-likeness (QED) is 0.684. The lowest BCUT2D eigenvalue weighted by Gasteiger charge is -2.38. The van der Waals surface area contributed by atoms with Crippen molar-refractivity contribution in [3.8, 4) is 17.0 Å². The Morgan fingerprint density at radius 2 is 2.04 bits per heavy atom. The topological polar surface area (TPSA) is 74.2 Å². The highest BCUT2D eigenvalue weighted by molar-refractivity contribution is 5.89. The number of aromatic nitrogens is 3. The predicted octanol–water partition coefficient (Wildman–Crippen LogP) is 2.84. The highest BCUT2D eigenvalue weighted by Gasteiger charge is 2.41. The average Bonchev–Trinajstić information content (AvgIpc) is 3.13. The highest BCUT2D eigenvalue weighted by Crippen LogP contribution is 2.33. The van der Waals surface area contributed by atoms with Crippen LogP contribution in [0.3, 0.4) is 0 Å². The van der Waals surface area contributed by atoms with E-state index in [-0.39, 0.29) is 23.9 Å². The fourth-order valence-corrected chi connectivity index (χ4v) is 4.10. The summed E-state index contributed by atoms with van der Waals surface area (Å²) in [5, 5.41) is 15.4. The van der Waals surface area contributed by atoms with E-state index < -0.39 is 6.17 Å². The number of nitrogens with one attached hydrogen (secondary N) is 1. The Kier molecular flexibility index (Phi) is 3.98. The number of aromatic hydroxyl groups is 1. The van der Waals surface area contributed by atoms with Crippen LogP contribution < -0.4 is 10.2 Å². The number of anilines is 1. The molecule has 4 atom stereocenters. The van der Waals surface area contributed by atoms with Crippen molar-refractivity contribution < 1.29 is 9.50 Å². The van der Waals surface area contributed by atoms with E-state index in [0.717, 1.165) is 10.8 Å². The van der Waals surface area contributed by atoms with Crippen molar-refractivity contribution in [2.75, 3.05) is 11.9 Å². The van der Waals surface area contributed by atoms with Gasteiger partial charge in [0.05, 0.1) is 30.2 Å². The molecule has 2 bridgehead atoms. The zero-order chi connectivity index (χ0) is 19.3. The lowest BCUT2D eigenvalue weighted by atomic mass is 9.95. The molecule has 2 aliphatic rings. The first-order valence-corrected chi connectivity index (χ1v) is 9.30. The molecule has 0 saturated carbocycles. The molecule has 1 aromatic carbocycles. The maximum Gasteiger partial charge on any atom is 0.147 e. The van der Waals surface area contributed by atoms with Crippen molar-refractivity contribution in [1.29, 1.82) is 0 Å². The van der Waals surface area contributed by atoms with Crippen molar-refractivity contribution in [3.63, 3.8) is 0 Å². The van der Waals surface area contributed by atoms with Crippen LogP contribution in [0.5, 0.6) is 5.75 Å². The number of hydrogen-bond acceptors (Lipinski definition) is 6. The Morgan fingerprint density at radius 1 is 1.14 bits per heavy atom. The normalized spacial score (nSPS) is 25.9. The number of phenols is 1. The number of hydrogen-bond donors (Lipinski definition) is 2. The summed E-state index contributed by atoms with van der Waals surface area (Å²) in [6.45, 7) is 0. The lowest BCUT2D eigenvalue weighted by Crippen LogP contribution is -2.56. The van der Waals surface area contributed by atoms with Gasteiger partial charge in [-0.25, -0.2) is 9.37 Å². The maximum absolute atomic E-state index is 14.8. The fraction of sp³-hybridized carbons (Fsp3) is 0.286. The monoisotopic (exact) mass is 377 g/mol. The zero-order valence-corrected chi connectivity index (χ0v) is 15.3. The van der Waals surface area contributed by atoms with Gasteiger partial charge in [0.1, 0.15) is 17.7 Å². The number of alkyl halides is 1. The van der Waals surface area contributed by atoms with E-state index in [2.05, 4.69) is 20.3 Å². The van der Waals surface area contributed by atoms with Gasteiger partial charge in [-0.1, -0.05) is 12.2 Å². The number of fused-ring (bicyclic) bond motifs is 3. The number of phenolic OH excluding ortho intramolecular Hbond substituents is 1. The standard InChI is InChI=1S/C21H20FN5O/c1-27(18-8-14-2-3-16(26-14)21(18)22)20-11-24-17(10-25-20)15-6-12-4-5-23-9-13(12)7-19(15)28/h2-7,9-11,14,16,18,21,26,28H,8H2,1H3/t14?,16?,18-,21-/m0/s1. The summed E-state index contributed by atoms with van der Waals surface area (Å²) in [6.07, 6.45) is 10.3. The molecule has 4 heterocycles. The molecular weight excluding hydrogens is 357 g/mol. The van der Waals surface area contributed by atoms with E-state index in [0.29, 0.717) is 23.5 Å². The predicted molar refractivity (Wildman–Crippen MR) is 106 cm³/mol. The molecule has 2 aromatic heterocycles. The van der Waals surface area contributed by atoms with Crippen LogP contribution in [0, 0.1) is 0 Å². The van der Waals surface area contributed by atoms with Gasteiger partial charge < -0.3 is 15.3 Å². The van der Waals surface area contributed by atoms with Crippen LogP contribution >= 0.6 is 0 Å². The van der Waals surface area contributed by atoms with Crippen LogP contribution in [-0.2, 0) is 0 Å². The van der Waals surface area contributed by atoms with Crippen LogP contribution in [0.15, 0.2) is 55.1 Å². The molecule has 6 nitrogen and oxygen atoms in total. The molecule has 0 aliphatic carbocycles. The number of piperidine rings is 1. The minimum Gasteiger partial charge on any atom is -0.507 e. The second kappa shape index (κ2) is 6.53. The number of benzene rings is 1. The number of rotatable bonds is 3. The summed E-state index contributed by atoms with van der Waals surface area (Å²) >= 11 is 0. The van der Waals surface area contributed by atoms with Crippen LogP contribution in [-0.4, -0.2) is 51.4 Å². The number of pyridine rings is 1. The van der Waals surface area contributed by atoms with Crippen LogP contribution in [0.1, 0.15) is 6.42 Å². The number of nitrogens with zero attached hydrogens (tertiary/aromatic N) is 4. The molecule has 5 rings (SSSR count). The largest absolute Gasteiger partial charge is 0.507 e. The molecule has 7 heteroatoms. The molecule has 142 valence electrons. The van der Waals surface area contributed by atoms with Gasteiger partial charge in [0.15, 0.2) is 0 Å². The van der Waals surface area contributed by atoms with Crippen molar-refractivity contribution in [3.05, 3.63) is 55.1 Å². The third kappa shape index (κ3) is 2.79. The summed E-state index contributed by atoms with van der Waals surface area (Å²) in [7, 11) is 1.85. The van der Waals surface area contributed by atoms with Gasteiger partial charge in [0, 0.05) is 36.4 Å². The van der Waals surface area contributed by atoms with E-state index in [4.69, 9.17) is 0 Å². The maximum atomic E-state index is 14.8. The average molecular weight is 377 g/mol. The van der Waals surface area contributed by atoms with Gasteiger partial charge in [0.25, 0.3) is 0 Å². The number of halogens is 1. The molecule has 0 spiro atoms. The Balaban J connectivity index is 1.42. The van der Waals surface area contributed by atoms with Crippen LogP contribution in [0.2, 0.25) is 0 Å². The molecule has 3 aromatic rings. The van der Waals surface area contributed by atoms with Crippen molar-refractivity contribution in [2.24, 2.45) is 0 Å². The van der Waals surface area contributed by atoms with Crippen molar-refractivity contribution >= 4 is 16.6 Å². The van der Waals surface area contributed by atoms with Gasteiger partial charge in [-0.05, 0) is 30.0 Å². The summed E-state index contributed by atoms with van der Waals surface area (Å²) in [6, 6.07) is 5.14. The third-order valence-electron chi connectivity index (χ3n) is 5.69. The van der Waals surface area contributed by atoms with Crippen molar-refractivity contribution in [2.45, 2.75) is 30.7 Å². The summed E-state index contributed by atoms with van der Waals surface area (Å²) in [5.41, 5.74) is 1.17. The Hall–Kier alpha value is -3.06. The highest BCUT2D eigenvalue weighted by atomic mass is 19.1. The van der Waals surface area contributed by atoms with Gasteiger partial charge in [-0.15, -0.1) is 0 Å². The minimum atomic E-state index is -1.00. The first kappa shape index (κ1) is 17.1. The third-order valence-corrected chi connectivity index (χ3v) is 5.69. The minimum absolute atomic E-state index is 0.126. The van der Waals surface area contributed by atoms with Gasteiger partial charge >= 0.3 is 0 Å². The Labute approximate surface area is 161 Å². The molecule has 28 heavy (non-hydrogen) atoms. The van der Waals surface area contributed by atoms with E-state index >= 15 is 0 Å². The molecule has 1 saturated heterocycles. The fourth-order valence-electron chi connectivity index (χ4n) is 4.10. The molecule has 2 aliphatic heterocycles. The molecule has 2 N–H and O–H groups in total. The smallest absolute Gasteiger partial charge is 0.147 e. The first-order valence-electron chi connectivity index (χ1n) is 9.30. The van der Waals surface area contributed by atoms with E-state index in [1.54, 1.807) is 30.9 Å². The van der Waals surface area contributed by atoms with E-state index in [1.807, 2.05) is 36.2 Å². The zero-order valence-electron chi connectivity index (χ0n) is 15.3. The lowest BCUT2D eigenvalue weighted by molar-refractivity contribution is 0.187. The second-order valence-electron chi connectivity index (χ2n) is 7.39. The van der Waals surface area contributed by atoms with E-state index in [1.165, 1.54) is 0 Å². The Bertz CT molecular complexity index is 1050. The summed E-state index contributed by atoms with van der Waals surface area (Å²) in [5.74, 6) is 0.739. The molecular formula is C21H20FN5O.